The largest absolute Gasteiger partial charge is 0.299 e. The topological polar surface area (TPSA) is 17.1 Å². The third-order valence-corrected chi connectivity index (χ3v) is 3.24. The lowest BCUT2D eigenvalue weighted by Crippen LogP contribution is -1.82. The van der Waals surface area contributed by atoms with Gasteiger partial charge in [0.25, 0.3) is 0 Å². The molecule has 0 rings (SSSR count). The third-order valence-electron chi connectivity index (χ3n) is 2.97. The second-order valence-corrected chi connectivity index (χ2v) is 4.96. The predicted octanol–water partition coefficient (Wildman–Crippen LogP) is 5.27. The van der Waals surface area contributed by atoms with Gasteiger partial charge >= 0.3 is 0 Å². The van der Waals surface area contributed by atoms with E-state index in [4.69, 9.17) is 11.6 Å². The zero-order valence-corrected chi connectivity index (χ0v) is 11.8. The molecule has 0 unspecified atom stereocenters. The second kappa shape index (κ2) is 15.7. The summed E-state index contributed by atoms with van der Waals surface area (Å²) in [4.78, 5) is 10.0. The molecule has 100 valence electrons. The Morgan fingerprint density at radius 3 is 1.65 bits per heavy atom. The molecular weight excluding hydrogens is 232 g/mol. The molecule has 0 N–H and O–H groups in total. The van der Waals surface area contributed by atoms with Gasteiger partial charge < -0.3 is 0 Å². The molecule has 0 saturated heterocycles. The molecule has 0 radical (unpaired) electrons. The van der Waals surface area contributed by atoms with E-state index in [1.807, 2.05) is 6.08 Å². The Balaban J connectivity index is 2.93. The number of unbranched alkanes of at least 4 members (excludes halogenated alkanes) is 10. The van der Waals surface area contributed by atoms with Gasteiger partial charge in [-0.2, -0.15) is 0 Å². The first-order valence-corrected chi connectivity index (χ1v) is 7.61. The normalized spacial score (nSPS) is 11.1. The number of hydrogen-bond acceptors (Lipinski definition) is 1. The van der Waals surface area contributed by atoms with Crippen LogP contribution in [0, 0.1) is 0 Å². The summed E-state index contributed by atoms with van der Waals surface area (Å²) < 4.78 is 0. The summed E-state index contributed by atoms with van der Waals surface area (Å²) in [6.45, 7) is 0. The lowest BCUT2D eigenvalue weighted by molar-refractivity contribution is -0.104. The van der Waals surface area contributed by atoms with Crippen LogP contribution in [-0.4, -0.2) is 12.2 Å². The van der Waals surface area contributed by atoms with Crippen molar-refractivity contribution in [2.45, 2.75) is 70.6 Å². The quantitative estimate of drug-likeness (QED) is 0.190. The first-order chi connectivity index (χ1) is 8.41. The molecule has 0 atom stereocenters. The highest BCUT2D eigenvalue weighted by molar-refractivity contribution is 6.17. The highest BCUT2D eigenvalue weighted by Crippen LogP contribution is 2.11. The van der Waals surface area contributed by atoms with Crippen molar-refractivity contribution in [2.75, 3.05) is 5.88 Å². The van der Waals surface area contributed by atoms with Crippen molar-refractivity contribution < 1.29 is 4.79 Å². The molecule has 0 fully saturated rings. The minimum absolute atomic E-state index is 0.818. The Morgan fingerprint density at radius 1 is 0.706 bits per heavy atom. The van der Waals surface area contributed by atoms with Gasteiger partial charge in [0, 0.05) is 5.88 Å². The van der Waals surface area contributed by atoms with E-state index in [0.717, 1.165) is 18.6 Å². The Bertz CT molecular complexity index is 178. The van der Waals surface area contributed by atoms with Crippen LogP contribution in [0.3, 0.4) is 0 Å². The summed E-state index contributed by atoms with van der Waals surface area (Å²) in [6.07, 6.45) is 18.7. The molecule has 0 aromatic rings. The number of alkyl halides is 1. The van der Waals surface area contributed by atoms with E-state index in [-0.39, 0.29) is 0 Å². The lowest BCUT2D eigenvalue weighted by atomic mass is 10.1. The van der Waals surface area contributed by atoms with Crippen LogP contribution in [0.15, 0.2) is 12.2 Å². The smallest absolute Gasteiger partial charge is 0.142 e. The molecule has 0 aromatic carbocycles. The van der Waals surface area contributed by atoms with Crippen molar-refractivity contribution in [3.05, 3.63) is 12.2 Å². The molecule has 0 aliphatic carbocycles. The van der Waals surface area contributed by atoms with Crippen LogP contribution in [0.5, 0.6) is 0 Å². The predicted molar refractivity (Wildman–Crippen MR) is 76.7 cm³/mol. The Kier molecular flexibility index (Phi) is 15.4. The summed E-state index contributed by atoms with van der Waals surface area (Å²) in [6, 6.07) is 0. The monoisotopic (exact) mass is 258 g/mol. The van der Waals surface area contributed by atoms with E-state index in [2.05, 4.69) is 0 Å². The van der Waals surface area contributed by atoms with Crippen molar-refractivity contribution >= 4 is 17.9 Å². The van der Waals surface area contributed by atoms with Gasteiger partial charge in [-0.15, -0.1) is 11.6 Å². The molecule has 0 amide bonds. The molecule has 0 aliphatic heterocycles. The maximum absolute atomic E-state index is 10.0. The molecule has 0 bridgehead atoms. The van der Waals surface area contributed by atoms with Crippen molar-refractivity contribution in [2.24, 2.45) is 0 Å². The molecule has 1 nitrogen and oxygen atoms in total. The fourth-order valence-electron chi connectivity index (χ4n) is 1.92. The van der Waals surface area contributed by atoms with Crippen molar-refractivity contribution in [1.29, 1.82) is 0 Å². The molecule has 2 heteroatoms. The van der Waals surface area contributed by atoms with Crippen LogP contribution in [0.25, 0.3) is 0 Å². The number of halogens is 1. The first-order valence-electron chi connectivity index (χ1n) is 7.08. The van der Waals surface area contributed by atoms with Crippen LogP contribution in [0.4, 0.5) is 0 Å². The maximum Gasteiger partial charge on any atom is 0.142 e. The minimum Gasteiger partial charge on any atom is -0.299 e. The average Bonchev–Trinajstić information content (AvgIpc) is 2.35. The van der Waals surface area contributed by atoms with Crippen molar-refractivity contribution in [1.82, 2.24) is 0 Å². The van der Waals surface area contributed by atoms with Crippen LogP contribution in [-0.2, 0) is 4.79 Å². The molecule has 0 heterocycles. The fraction of sp³-hybridized carbons (Fsp3) is 0.800. The van der Waals surface area contributed by atoms with Crippen LogP contribution < -0.4 is 0 Å². The number of aldehydes is 1. The SMILES string of the molecule is O=C/C=C/CCCCCCCCCCCCCl. The van der Waals surface area contributed by atoms with Gasteiger partial charge in [-0.25, -0.2) is 0 Å². The summed E-state index contributed by atoms with van der Waals surface area (Å²) in [5.74, 6) is 0.818. The van der Waals surface area contributed by atoms with Gasteiger partial charge in [0.1, 0.15) is 6.29 Å². The van der Waals surface area contributed by atoms with E-state index in [0.29, 0.717) is 0 Å². The summed E-state index contributed by atoms with van der Waals surface area (Å²) in [5.41, 5.74) is 0. The second-order valence-electron chi connectivity index (χ2n) is 4.58. The Labute approximate surface area is 112 Å². The molecular formula is C15H27ClO. The van der Waals surface area contributed by atoms with E-state index < -0.39 is 0 Å². The van der Waals surface area contributed by atoms with E-state index in [1.165, 1.54) is 64.2 Å². The number of carbonyl (C=O) groups excluding carboxylic acids is 1. The van der Waals surface area contributed by atoms with E-state index in [1.54, 1.807) is 6.08 Å². The molecule has 0 aliphatic rings. The molecule has 0 aromatic heterocycles. The summed E-state index contributed by atoms with van der Waals surface area (Å²) >= 11 is 5.62. The van der Waals surface area contributed by atoms with Gasteiger partial charge in [-0.05, 0) is 25.3 Å². The van der Waals surface area contributed by atoms with Gasteiger partial charge in [-0.1, -0.05) is 57.4 Å². The Morgan fingerprint density at radius 2 is 1.18 bits per heavy atom. The number of hydrogen-bond donors (Lipinski definition) is 0. The first kappa shape index (κ1) is 16.7. The van der Waals surface area contributed by atoms with Crippen LogP contribution in [0.1, 0.15) is 70.6 Å². The standard InChI is InChI=1S/C15H27ClO/c16-14-12-10-8-6-4-2-1-3-5-7-9-11-13-15-17/h11,13,15H,1-10,12,14H2/b13-11+. The van der Waals surface area contributed by atoms with Gasteiger partial charge in [0.2, 0.25) is 0 Å². The minimum atomic E-state index is 0.818. The van der Waals surface area contributed by atoms with Gasteiger partial charge in [0.15, 0.2) is 0 Å². The molecule has 17 heavy (non-hydrogen) atoms. The van der Waals surface area contributed by atoms with Crippen LogP contribution in [0.2, 0.25) is 0 Å². The van der Waals surface area contributed by atoms with Gasteiger partial charge in [-0.3, -0.25) is 4.79 Å². The van der Waals surface area contributed by atoms with E-state index >= 15 is 0 Å². The lowest BCUT2D eigenvalue weighted by Gasteiger charge is -2.01. The highest BCUT2D eigenvalue weighted by atomic mass is 35.5. The zero-order chi connectivity index (χ0) is 12.6. The Hall–Kier alpha value is -0.300. The number of rotatable bonds is 13. The van der Waals surface area contributed by atoms with Crippen molar-refractivity contribution in [3.63, 3.8) is 0 Å². The highest BCUT2D eigenvalue weighted by Gasteiger charge is 1.92. The molecule has 0 spiro atoms. The number of allylic oxidation sites excluding steroid dienone is 2. The van der Waals surface area contributed by atoms with Gasteiger partial charge in [0.05, 0.1) is 0 Å². The fourth-order valence-corrected chi connectivity index (χ4v) is 2.11. The van der Waals surface area contributed by atoms with Crippen molar-refractivity contribution in [3.8, 4) is 0 Å². The van der Waals surface area contributed by atoms with Crippen LogP contribution >= 0.6 is 11.6 Å². The van der Waals surface area contributed by atoms with E-state index in [9.17, 15) is 4.79 Å². The molecule has 0 saturated carbocycles. The maximum atomic E-state index is 10.0. The third kappa shape index (κ3) is 15.7. The zero-order valence-electron chi connectivity index (χ0n) is 11.0. The summed E-state index contributed by atoms with van der Waals surface area (Å²) in [5, 5.41) is 0. The summed E-state index contributed by atoms with van der Waals surface area (Å²) in [7, 11) is 0. The average molecular weight is 259 g/mol. The number of carbonyl (C=O) groups is 1.